The highest BCUT2D eigenvalue weighted by Gasteiger charge is 2.35. The van der Waals surface area contributed by atoms with Gasteiger partial charge in [0.25, 0.3) is 15.9 Å². The minimum absolute atomic E-state index is 0.0352. The number of piperazine rings is 1. The van der Waals surface area contributed by atoms with Gasteiger partial charge < -0.3 is 4.90 Å². The van der Waals surface area contributed by atoms with E-state index < -0.39 is 10.0 Å². The molecule has 36 heavy (non-hydrogen) atoms. The molecule has 1 N–H and O–H groups in total. The number of hydrogen-bond donors (Lipinski definition) is 1. The van der Waals surface area contributed by atoms with Crippen LogP contribution in [-0.4, -0.2) is 60.8 Å². The Hall–Kier alpha value is -3.49. The number of allylic oxidation sites excluding steroid dienone is 2. The van der Waals surface area contributed by atoms with Gasteiger partial charge in [0.05, 0.1) is 5.52 Å². The molecule has 1 aliphatic heterocycles. The molecule has 1 fully saturated rings. The molecular formula is C28H30N4O3S. The molecule has 0 saturated carbocycles. The van der Waals surface area contributed by atoms with Gasteiger partial charge in [0.2, 0.25) is 0 Å². The van der Waals surface area contributed by atoms with Crippen molar-refractivity contribution in [3.8, 4) is 0 Å². The first kappa shape index (κ1) is 24.2. The number of nitrogens with zero attached hydrogens (tertiary/aromatic N) is 3. The number of sulfonamides is 1. The first-order valence-corrected chi connectivity index (χ1v) is 13.8. The number of nitrogens with one attached hydrogen (secondary N) is 1. The molecule has 3 aromatic rings. The maximum absolute atomic E-state index is 13.1. The van der Waals surface area contributed by atoms with Crippen LogP contribution in [0.2, 0.25) is 0 Å². The summed E-state index contributed by atoms with van der Waals surface area (Å²) in [7, 11) is -3.84. The fraction of sp³-hybridized carbons (Fsp3) is 0.286. The van der Waals surface area contributed by atoms with Gasteiger partial charge in [-0.15, -0.1) is 0 Å². The van der Waals surface area contributed by atoms with Gasteiger partial charge in [-0.05, 0) is 49.2 Å². The summed E-state index contributed by atoms with van der Waals surface area (Å²) >= 11 is 0. The highest BCUT2D eigenvalue weighted by molar-refractivity contribution is 7.93. The van der Waals surface area contributed by atoms with Gasteiger partial charge in [0.15, 0.2) is 0 Å². The van der Waals surface area contributed by atoms with E-state index in [1.807, 2.05) is 17.0 Å². The molecule has 2 heterocycles. The highest BCUT2D eigenvalue weighted by atomic mass is 32.2. The van der Waals surface area contributed by atoms with Crippen molar-refractivity contribution in [1.29, 1.82) is 0 Å². The maximum Gasteiger partial charge on any atom is 0.264 e. The van der Waals surface area contributed by atoms with E-state index >= 15 is 0 Å². The number of benzene rings is 2. The quantitative estimate of drug-likeness (QED) is 0.538. The summed E-state index contributed by atoms with van der Waals surface area (Å²) in [5.74, 6) is -0.0352. The second kappa shape index (κ2) is 9.87. The van der Waals surface area contributed by atoms with Crippen molar-refractivity contribution in [1.82, 2.24) is 14.8 Å². The molecule has 186 valence electrons. The lowest BCUT2D eigenvalue weighted by Gasteiger charge is -2.46. The minimum Gasteiger partial charge on any atom is -0.336 e. The van der Waals surface area contributed by atoms with Crippen LogP contribution < -0.4 is 4.72 Å². The minimum atomic E-state index is -3.84. The van der Waals surface area contributed by atoms with E-state index in [1.165, 1.54) is 6.07 Å². The number of carbonyl (C=O) groups excluding carboxylic acids is 1. The van der Waals surface area contributed by atoms with Crippen LogP contribution in [-0.2, 0) is 10.0 Å². The molecule has 2 aliphatic rings. The fourth-order valence-corrected chi connectivity index (χ4v) is 6.33. The van der Waals surface area contributed by atoms with Gasteiger partial charge in [-0.25, -0.2) is 8.42 Å². The average Bonchev–Trinajstić information content (AvgIpc) is 2.93. The number of aromatic nitrogens is 1. The van der Waals surface area contributed by atoms with Gasteiger partial charge in [0, 0.05) is 54.6 Å². The van der Waals surface area contributed by atoms with Gasteiger partial charge in [-0.1, -0.05) is 49.4 Å². The molecule has 0 bridgehead atoms. The van der Waals surface area contributed by atoms with Gasteiger partial charge in [-0.3, -0.25) is 19.4 Å². The summed E-state index contributed by atoms with van der Waals surface area (Å²) in [5, 5.41) is 0.752. The molecule has 1 aromatic heterocycles. The number of para-hydroxylation sites is 1. The van der Waals surface area contributed by atoms with Crippen LogP contribution in [0.5, 0.6) is 0 Å². The Labute approximate surface area is 212 Å². The lowest BCUT2D eigenvalue weighted by Crippen LogP contribution is -2.57. The summed E-state index contributed by atoms with van der Waals surface area (Å²) < 4.78 is 28.7. The van der Waals surface area contributed by atoms with Crippen molar-refractivity contribution in [3.05, 3.63) is 90.7 Å². The van der Waals surface area contributed by atoms with Crippen LogP contribution >= 0.6 is 0 Å². The van der Waals surface area contributed by atoms with E-state index in [2.05, 4.69) is 45.8 Å². The summed E-state index contributed by atoms with van der Waals surface area (Å²) in [6.45, 7) is 5.21. The van der Waals surface area contributed by atoms with E-state index in [4.69, 9.17) is 0 Å². The van der Waals surface area contributed by atoms with Crippen LogP contribution in [0, 0.1) is 0 Å². The third-order valence-electron chi connectivity index (χ3n) is 7.20. The molecule has 1 aliphatic carbocycles. The normalized spacial score (nSPS) is 20.5. The molecule has 0 spiro atoms. The summed E-state index contributed by atoms with van der Waals surface area (Å²) in [5.41, 5.74) is 1.40. The Morgan fingerprint density at radius 3 is 2.44 bits per heavy atom. The molecule has 2 aromatic carbocycles. The molecule has 1 amide bonds. The summed E-state index contributed by atoms with van der Waals surface area (Å²) in [6.07, 6.45) is 12.3. The number of rotatable bonds is 6. The third kappa shape index (κ3) is 4.66. The first-order valence-electron chi connectivity index (χ1n) is 12.3. The second-order valence-corrected chi connectivity index (χ2v) is 10.9. The van der Waals surface area contributed by atoms with Crippen molar-refractivity contribution >= 4 is 32.5 Å². The van der Waals surface area contributed by atoms with E-state index in [1.54, 1.807) is 42.6 Å². The zero-order valence-corrected chi connectivity index (χ0v) is 21.1. The molecule has 0 unspecified atom stereocenters. The van der Waals surface area contributed by atoms with E-state index in [9.17, 15) is 13.2 Å². The Kier molecular flexibility index (Phi) is 6.64. The molecule has 1 saturated heterocycles. The number of fused-ring (bicyclic) bond motifs is 1. The van der Waals surface area contributed by atoms with Crippen molar-refractivity contribution in [2.75, 3.05) is 30.9 Å². The summed E-state index contributed by atoms with van der Waals surface area (Å²) in [6, 6.07) is 15.3. The van der Waals surface area contributed by atoms with Crippen LogP contribution in [0.1, 0.15) is 30.1 Å². The standard InChI is InChI=1S/C28H30N4O3S/c1-2-28(15-4-3-5-16-28)32-20-18-31(19-21-32)27(33)23-11-13-24(14-12-23)30-36(34,35)25-10-6-8-22-9-7-17-29-26(22)25/h3-15,17,30H,2,16,18-21H2,1H3/t28-/m0/s1. The van der Waals surface area contributed by atoms with Gasteiger partial charge in [-0.2, -0.15) is 0 Å². The lowest BCUT2D eigenvalue weighted by molar-refractivity contribution is 0.0426. The van der Waals surface area contributed by atoms with Crippen molar-refractivity contribution in [2.45, 2.75) is 30.2 Å². The zero-order chi connectivity index (χ0) is 25.2. The number of amides is 1. The predicted molar refractivity (Wildman–Crippen MR) is 142 cm³/mol. The molecule has 5 rings (SSSR count). The molecule has 7 nitrogen and oxygen atoms in total. The number of hydrogen-bond acceptors (Lipinski definition) is 5. The van der Waals surface area contributed by atoms with Crippen LogP contribution in [0.4, 0.5) is 5.69 Å². The summed E-state index contributed by atoms with van der Waals surface area (Å²) in [4.78, 5) is 21.9. The largest absolute Gasteiger partial charge is 0.336 e. The average molecular weight is 503 g/mol. The molecule has 0 radical (unpaired) electrons. The van der Waals surface area contributed by atoms with E-state index in [0.717, 1.165) is 31.3 Å². The highest BCUT2D eigenvalue weighted by Crippen LogP contribution is 2.30. The number of pyridine rings is 1. The predicted octanol–water partition coefficient (Wildman–Crippen LogP) is 4.46. The fourth-order valence-electron chi connectivity index (χ4n) is 5.10. The van der Waals surface area contributed by atoms with Crippen molar-refractivity contribution in [3.63, 3.8) is 0 Å². The Morgan fingerprint density at radius 2 is 1.75 bits per heavy atom. The van der Waals surface area contributed by atoms with E-state index in [0.29, 0.717) is 29.9 Å². The van der Waals surface area contributed by atoms with Gasteiger partial charge in [0.1, 0.15) is 4.90 Å². The SMILES string of the molecule is CC[C@]1(N2CCN(C(=O)c3ccc(NS(=O)(=O)c4cccc5cccnc45)cc3)CC2)C=CC=CC1. The van der Waals surface area contributed by atoms with Gasteiger partial charge >= 0.3 is 0 Å². The van der Waals surface area contributed by atoms with Crippen molar-refractivity contribution < 1.29 is 13.2 Å². The first-order chi connectivity index (χ1) is 17.4. The molecule has 8 heteroatoms. The second-order valence-electron chi connectivity index (χ2n) is 9.24. The third-order valence-corrected chi connectivity index (χ3v) is 8.62. The Bertz CT molecular complexity index is 1420. The van der Waals surface area contributed by atoms with Crippen LogP contribution in [0.15, 0.2) is 90.0 Å². The van der Waals surface area contributed by atoms with Crippen molar-refractivity contribution in [2.24, 2.45) is 0 Å². The number of carbonyl (C=O) groups is 1. The topological polar surface area (TPSA) is 82.6 Å². The molecular weight excluding hydrogens is 472 g/mol. The molecule has 1 atom stereocenters. The zero-order valence-electron chi connectivity index (χ0n) is 20.3. The Balaban J connectivity index is 1.25. The van der Waals surface area contributed by atoms with Crippen LogP contribution in [0.25, 0.3) is 10.9 Å². The smallest absolute Gasteiger partial charge is 0.264 e. The van der Waals surface area contributed by atoms with Crippen LogP contribution in [0.3, 0.4) is 0 Å². The monoisotopic (exact) mass is 502 g/mol. The number of anilines is 1. The lowest BCUT2D eigenvalue weighted by atomic mass is 9.86. The van der Waals surface area contributed by atoms with E-state index in [-0.39, 0.29) is 16.3 Å². The maximum atomic E-state index is 13.1. The Morgan fingerprint density at radius 1 is 1.00 bits per heavy atom.